The van der Waals surface area contributed by atoms with Crippen molar-refractivity contribution in [3.05, 3.63) is 102 Å². The minimum absolute atomic E-state index is 0.0462. The Balaban J connectivity index is 0.000000204. The van der Waals surface area contributed by atoms with Gasteiger partial charge in [0.2, 0.25) is 0 Å². The van der Waals surface area contributed by atoms with E-state index in [0.717, 1.165) is 23.3 Å². The predicted octanol–water partition coefficient (Wildman–Crippen LogP) is -3.25. The molecular formula is C28H36N4O13. The maximum absolute atomic E-state index is 12.0. The summed E-state index contributed by atoms with van der Waals surface area (Å²) in [5.41, 5.74) is -1.47. The lowest BCUT2D eigenvalue weighted by atomic mass is 9.97. The maximum atomic E-state index is 12.0. The Hall–Kier alpha value is -3.78. The van der Waals surface area contributed by atoms with Gasteiger partial charge in [0.25, 0.3) is 11.1 Å². The smallest absolute Gasteiger partial charge is 0.328 e. The molecule has 0 radical (unpaired) electrons. The van der Waals surface area contributed by atoms with Gasteiger partial charge in [-0.05, 0) is 0 Å². The van der Waals surface area contributed by atoms with Crippen LogP contribution in [0.25, 0.3) is 0 Å². The van der Waals surface area contributed by atoms with Crippen LogP contribution in [0.5, 0.6) is 0 Å². The molecule has 0 aliphatic carbocycles. The van der Waals surface area contributed by atoms with E-state index >= 15 is 0 Å². The molecule has 1 aromatic carbocycles. The molecule has 3 aliphatic rings. The first kappa shape index (κ1) is 34.1. The van der Waals surface area contributed by atoms with Crippen LogP contribution in [-0.2, 0) is 18.9 Å². The molecule has 3 fully saturated rings. The fraction of sp³-hybridized carbons (Fsp3) is 0.500. The van der Waals surface area contributed by atoms with Gasteiger partial charge in [-0.1, -0.05) is 30.3 Å². The zero-order chi connectivity index (χ0) is 32.7. The van der Waals surface area contributed by atoms with E-state index in [0.29, 0.717) is 0 Å². The number of hydrogen-bond donors (Lipinski definition) is 7. The highest BCUT2D eigenvalue weighted by Gasteiger charge is 2.46. The van der Waals surface area contributed by atoms with E-state index in [1.165, 1.54) is 23.0 Å². The second kappa shape index (κ2) is 15.5. The second-order valence-electron chi connectivity index (χ2n) is 10.2. The van der Waals surface area contributed by atoms with Crippen LogP contribution in [0.4, 0.5) is 0 Å². The first-order valence-corrected chi connectivity index (χ1v) is 14.0. The monoisotopic (exact) mass is 636 g/mol. The van der Waals surface area contributed by atoms with Gasteiger partial charge in [-0.15, -0.1) is 0 Å². The Labute approximate surface area is 254 Å². The second-order valence-corrected chi connectivity index (χ2v) is 10.2. The summed E-state index contributed by atoms with van der Waals surface area (Å²) in [7, 11) is 1.00. The van der Waals surface area contributed by atoms with Crippen LogP contribution in [0.15, 0.2) is 74.0 Å². The Kier molecular flexibility index (Phi) is 11.7. The first-order chi connectivity index (χ1) is 21.7. The first-order valence-electron chi connectivity index (χ1n) is 14.0. The van der Waals surface area contributed by atoms with Gasteiger partial charge >= 0.3 is 11.4 Å². The lowest BCUT2D eigenvalue weighted by Gasteiger charge is -2.44. The van der Waals surface area contributed by atoms with Crippen molar-refractivity contribution in [2.24, 2.45) is 0 Å². The molecule has 246 valence electrons. The third-order valence-corrected chi connectivity index (χ3v) is 7.55. The molecule has 3 aromatic rings. The van der Waals surface area contributed by atoms with Gasteiger partial charge in [0.05, 0.1) is 38.5 Å². The fourth-order valence-corrected chi connectivity index (χ4v) is 5.21. The van der Waals surface area contributed by atoms with Gasteiger partial charge in [0.1, 0.15) is 36.6 Å². The highest BCUT2D eigenvalue weighted by molar-refractivity contribution is 5.16. The van der Waals surface area contributed by atoms with E-state index in [2.05, 4.69) is 9.97 Å². The molecule has 1 unspecified atom stereocenters. The highest BCUT2D eigenvalue weighted by Crippen LogP contribution is 2.34. The van der Waals surface area contributed by atoms with E-state index in [-0.39, 0.29) is 19.8 Å². The fourth-order valence-electron chi connectivity index (χ4n) is 5.21. The van der Waals surface area contributed by atoms with Crippen molar-refractivity contribution < 1.29 is 44.5 Å². The largest absolute Gasteiger partial charge is 0.400 e. The number of aromatic nitrogens is 4. The van der Waals surface area contributed by atoms with Crippen molar-refractivity contribution in [1.29, 1.82) is 0 Å². The third kappa shape index (κ3) is 7.72. The van der Waals surface area contributed by atoms with Crippen molar-refractivity contribution in [2.75, 3.05) is 33.5 Å². The van der Waals surface area contributed by atoms with E-state index in [4.69, 9.17) is 29.2 Å². The molecule has 0 saturated carbocycles. The van der Waals surface area contributed by atoms with Crippen LogP contribution in [0.1, 0.15) is 23.9 Å². The van der Waals surface area contributed by atoms with Gasteiger partial charge in [0.15, 0.2) is 6.29 Å². The van der Waals surface area contributed by atoms with Gasteiger partial charge in [0, 0.05) is 37.2 Å². The van der Waals surface area contributed by atoms with Crippen molar-refractivity contribution in [3.63, 3.8) is 0 Å². The molecule has 0 bridgehead atoms. The topological polar surface area (TPSA) is 248 Å². The van der Waals surface area contributed by atoms with Crippen molar-refractivity contribution in [2.45, 2.75) is 55.0 Å². The summed E-state index contributed by atoms with van der Waals surface area (Å²) in [6.07, 6.45) is -3.50. The summed E-state index contributed by atoms with van der Waals surface area (Å²) in [4.78, 5) is 49.9. The van der Waals surface area contributed by atoms with E-state index in [1.807, 2.05) is 30.3 Å². The van der Waals surface area contributed by atoms with Gasteiger partial charge in [-0.2, -0.15) is 0 Å². The SMILES string of the molecule is CO.O=c1ccn([C@@H]2CO[C@@H]3COC(c4ccccc4)O[C@H]3[C@H]2O)c(=O)[nH]1.O=c1ccn([C@@H]2CO[C@H](CO)[C@@H](O)[C@H]2O)c(=O)[nH]1. The summed E-state index contributed by atoms with van der Waals surface area (Å²) >= 11 is 0. The zero-order valence-corrected chi connectivity index (χ0v) is 24.1. The lowest BCUT2D eigenvalue weighted by molar-refractivity contribution is -0.306. The molecule has 2 aromatic heterocycles. The summed E-state index contributed by atoms with van der Waals surface area (Å²) in [5, 5.41) is 46.3. The standard InChI is InChI=1S/C17H18N2O6.C10H14N2O6.CH4O/c20-13-6-7-19(17(22)18-13)11-8-23-12-9-24-16(25-15(12)14(11)21)10-4-2-1-3-5-10;13-3-6-9(16)8(15)5(4-18-6)12-2-1-7(14)11-10(12)17;1-2/h1-7,11-12,14-16,21H,8-9H2,(H,18,20,22);1-2,5-6,8-9,13,15-16H,3-4H2,(H,11,14,17);2H,1H3/t11-,12-,14+,15-,16?;5-,6-,8+,9-;/m11./s1. The van der Waals surface area contributed by atoms with E-state index in [1.54, 1.807) is 0 Å². The molecule has 5 heterocycles. The molecule has 7 N–H and O–H groups in total. The Bertz CT molecular complexity index is 1610. The van der Waals surface area contributed by atoms with Gasteiger partial charge in [-0.25, -0.2) is 9.59 Å². The summed E-state index contributed by atoms with van der Waals surface area (Å²) in [6.45, 7) is -0.0631. The zero-order valence-electron chi connectivity index (χ0n) is 24.1. The molecule has 17 heteroatoms. The van der Waals surface area contributed by atoms with Crippen molar-refractivity contribution in [1.82, 2.24) is 19.1 Å². The number of benzene rings is 1. The van der Waals surface area contributed by atoms with Gasteiger partial charge in [-0.3, -0.25) is 28.7 Å². The number of aliphatic hydroxyl groups excluding tert-OH is 5. The number of aliphatic hydroxyl groups is 5. The minimum Gasteiger partial charge on any atom is -0.400 e. The molecule has 6 rings (SSSR count). The summed E-state index contributed by atoms with van der Waals surface area (Å²) in [5.74, 6) is 0. The average Bonchev–Trinajstić information content (AvgIpc) is 3.05. The average molecular weight is 637 g/mol. The number of nitrogens with zero attached hydrogens (tertiary/aromatic N) is 2. The van der Waals surface area contributed by atoms with Crippen LogP contribution in [0.3, 0.4) is 0 Å². The van der Waals surface area contributed by atoms with Crippen LogP contribution in [0.2, 0.25) is 0 Å². The molecule has 45 heavy (non-hydrogen) atoms. The molecule has 17 nitrogen and oxygen atoms in total. The maximum Gasteiger partial charge on any atom is 0.328 e. The number of H-pyrrole nitrogens is 2. The number of ether oxygens (including phenoxy) is 4. The Morgan fingerprint density at radius 1 is 0.733 bits per heavy atom. The molecule has 0 amide bonds. The molecular weight excluding hydrogens is 600 g/mol. The summed E-state index contributed by atoms with van der Waals surface area (Å²) in [6, 6.07) is 10.3. The summed E-state index contributed by atoms with van der Waals surface area (Å²) < 4.78 is 24.8. The van der Waals surface area contributed by atoms with Crippen LogP contribution < -0.4 is 22.5 Å². The van der Waals surface area contributed by atoms with Crippen molar-refractivity contribution in [3.8, 4) is 0 Å². The quantitative estimate of drug-likeness (QED) is 0.149. The van der Waals surface area contributed by atoms with Gasteiger partial charge < -0.3 is 44.5 Å². The molecule has 3 aliphatic heterocycles. The number of nitrogens with one attached hydrogen (secondary N) is 2. The lowest BCUT2D eigenvalue weighted by Crippen LogP contribution is -2.57. The van der Waals surface area contributed by atoms with E-state index in [9.17, 15) is 34.5 Å². The number of hydrogen-bond acceptors (Lipinski definition) is 13. The molecule has 0 spiro atoms. The number of aromatic amines is 2. The normalized spacial score (nSPS) is 30.9. The molecule has 3 saturated heterocycles. The number of rotatable bonds is 4. The van der Waals surface area contributed by atoms with Crippen LogP contribution >= 0.6 is 0 Å². The number of fused-ring (bicyclic) bond motifs is 1. The van der Waals surface area contributed by atoms with Crippen LogP contribution in [-0.4, -0.2) is 115 Å². The highest BCUT2D eigenvalue weighted by atomic mass is 16.7. The predicted molar refractivity (Wildman–Crippen MR) is 153 cm³/mol. The Morgan fingerprint density at radius 2 is 1.29 bits per heavy atom. The molecule has 9 atom stereocenters. The van der Waals surface area contributed by atoms with Crippen molar-refractivity contribution >= 4 is 0 Å². The third-order valence-electron chi connectivity index (χ3n) is 7.55. The Morgan fingerprint density at radius 3 is 1.84 bits per heavy atom. The minimum atomic E-state index is -1.30. The van der Waals surface area contributed by atoms with Crippen LogP contribution in [0, 0.1) is 0 Å². The van der Waals surface area contributed by atoms with E-state index < -0.39 is 84.1 Å².